The second-order valence-electron chi connectivity index (χ2n) is 5.65. The maximum Gasteiger partial charge on any atom is 0.241 e. The number of benzene rings is 1. The summed E-state index contributed by atoms with van der Waals surface area (Å²) in [6.07, 6.45) is 0. The van der Waals surface area contributed by atoms with Crippen molar-refractivity contribution in [2.24, 2.45) is 5.73 Å². The lowest BCUT2D eigenvalue weighted by Gasteiger charge is -2.24. The van der Waals surface area contributed by atoms with Crippen LogP contribution in [0.15, 0.2) is 23.1 Å². The van der Waals surface area contributed by atoms with Crippen LogP contribution in [0.3, 0.4) is 0 Å². The zero-order valence-electron chi connectivity index (χ0n) is 11.7. The molecule has 1 aliphatic heterocycles. The third-order valence-corrected chi connectivity index (χ3v) is 5.07. The molecule has 1 aromatic carbocycles. The number of rotatable bonds is 4. The molecule has 6 nitrogen and oxygen atoms in total. The SMILES string of the molecule is CC1C(=O)Nc2ccc(S(=O)(=O)NC(C)(C)CN)cc21. The molecular weight excluding hydrogens is 278 g/mol. The van der Waals surface area contributed by atoms with E-state index in [4.69, 9.17) is 5.73 Å². The van der Waals surface area contributed by atoms with Crippen molar-refractivity contribution in [3.63, 3.8) is 0 Å². The summed E-state index contributed by atoms with van der Waals surface area (Å²) in [6, 6.07) is 4.62. The number of fused-ring (bicyclic) bond motifs is 1. The van der Waals surface area contributed by atoms with Gasteiger partial charge in [-0.05, 0) is 44.5 Å². The Bertz CT molecular complexity index is 653. The Labute approximate surface area is 118 Å². The van der Waals surface area contributed by atoms with E-state index in [9.17, 15) is 13.2 Å². The van der Waals surface area contributed by atoms with Crippen molar-refractivity contribution in [1.82, 2.24) is 4.72 Å². The summed E-state index contributed by atoms with van der Waals surface area (Å²) < 4.78 is 27.2. The topological polar surface area (TPSA) is 101 Å². The summed E-state index contributed by atoms with van der Waals surface area (Å²) >= 11 is 0. The maximum atomic E-state index is 12.3. The summed E-state index contributed by atoms with van der Waals surface area (Å²) in [6.45, 7) is 5.36. The molecule has 20 heavy (non-hydrogen) atoms. The largest absolute Gasteiger partial charge is 0.329 e. The Morgan fingerprint density at radius 1 is 1.40 bits per heavy atom. The monoisotopic (exact) mass is 297 g/mol. The van der Waals surface area contributed by atoms with Crippen LogP contribution in [0.5, 0.6) is 0 Å². The van der Waals surface area contributed by atoms with Gasteiger partial charge in [-0.3, -0.25) is 4.79 Å². The molecule has 2 rings (SSSR count). The number of nitrogens with two attached hydrogens (primary N) is 1. The van der Waals surface area contributed by atoms with Gasteiger partial charge >= 0.3 is 0 Å². The molecule has 1 aromatic rings. The molecular formula is C13H19N3O3S. The molecule has 1 heterocycles. The first kappa shape index (κ1) is 15.0. The Morgan fingerprint density at radius 2 is 2.05 bits per heavy atom. The van der Waals surface area contributed by atoms with Crippen LogP contribution in [0.4, 0.5) is 5.69 Å². The van der Waals surface area contributed by atoms with Crippen molar-refractivity contribution in [2.75, 3.05) is 11.9 Å². The minimum absolute atomic E-state index is 0.121. The number of amides is 1. The third-order valence-electron chi connectivity index (χ3n) is 3.37. The van der Waals surface area contributed by atoms with Crippen LogP contribution < -0.4 is 15.8 Å². The number of carbonyl (C=O) groups excluding carboxylic acids is 1. The van der Waals surface area contributed by atoms with Crippen LogP contribution in [-0.4, -0.2) is 26.4 Å². The molecule has 1 aliphatic rings. The molecule has 0 saturated heterocycles. The Kier molecular flexibility index (Phi) is 3.62. The third kappa shape index (κ3) is 2.70. The second-order valence-corrected chi connectivity index (χ2v) is 7.34. The summed E-state index contributed by atoms with van der Waals surface area (Å²) in [4.78, 5) is 11.7. The Morgan fingerprint density at radius 3 is 2.65 bits per heavy atom. The van der Waals surface area contributed by atoms with Crippen molar-refractivity contribution < 1.29 is 13.2 Å². The molecule has 0 spiro atoms. The summed E-state index contributed by atoms with van der Waals surface area (Å²) in [5.74, 6) is -0.465. The van der Waals surface area contributed by atoms with Crippen molar-refractivity contribution in [1.29, 1.82) is 0 Å². The van der Waals surface area contributed by atoms with Gasteiger partial charge in [0.05, 0.1) is 10.8 Å². The number of carbonyl (C=O) groups is 1. The normalized spacial score (nSPS) is 18.8. The van der Waals surface area contributed by atoms with Gasteiger partial charge in [0.2, 0.25) is 15.9 Å². The van der Waals surface area contributed by atoms with Crippen molar-refractivity contribution in [3.8, 4) is 0 Å². The van der Waals surface area contributed by atoms with Crippen LogP contribution in [0.25, 0.3) is 0 Å². The Balaban J connectivity index is 2.38. The van der Waals surface area contributed by atoms with E-state index in [0.717, 1.165) is 0 Å². The highest BCUT2D eigenvalue weighted by Gasteiger charge is 2.30. The van der Waals surface area contributed by atoms with E-state index in [0.29, 0.717) is 11.3 Å². The van der Waals surface area contributed by atoms with Crippen LogP contribution in [0, 0.1) is 0 Å². The minimum Gasteiger partial charge on any atom is -0.329 e. The predicted molar refractivity (Wildman–Crippen MR) is 76.9 cm³/mol. The van der Waals surface area contributed by atoms with Crippen molar-refractivity contribution >= 4 is 21.6 Å². The van der Waals surface area contributed by atoms with Gasteiger partial charge < -0.3 is 11.1 Å². The summed E-state index contributed by atoms with van der Waals surface area (Å²) in [7, 11) is -3.66. The first-order valence-electron chi connectivity index (χ1n) is 6.35. The molecule has 0 fully saturated rings. The second kappa shape index (κ2) is 4.83. The number of anilines is 1. The molecule has 1 unspecified atom stereocenters. The molecule has 0 aromatic heterocycles. The highest BCUT2D eigenvalue weighted by molar-refractivity contribution is 7.89. The van der Waals surface area contributed by atoms with Gasteiger partial charge in [0.15, 0.2) is 0 Å². The smallest absolute Gasteiger partial charge is 0.241 e. The summed E-state index contributed by atoms with van der Waals surface area (Å²) in [5, 5.41) is 2.71. The van der Waals surface area contributed by atoms with Crippen LogP contribution in [-0.2, 0) is 14.8 Å². The van der Waals surface area contributed by atoms with E-state index in [1.807, 2.05) is 0 Å². The van der Waals surface area contributed by atoms with Gasteiger partial charge in [0.25, 0.3) is 0 Å². The van der Waals surface area contributed by atoms with Gasteiger partial charge in [-0.25, -0.2) is 13.1 Å². The highest BCUT2D eigenvalue weighted by Crippen LogP contribution is 2.33. The average Bonchev–Trinajstić information content (AvgIpc) is 2.64. The van der Waals surface area contributed by atoms with Gasteiger partial charge in [-0.15, -0.1) is 0 Å². The predicted octanol–water partition coefficient (Wildman–Crippen LogP) is 0.758. The van der Waals surface area contributed by atoms with E-state index < -0.39 is 15.6 Å². The lowest BCUT2D eigenvalue weighted by Crippen LogP contribution is -2.48. The van der Waals surface area contributed by atoms with Gasteiger partial charge in [-0.2, -0.15) is 0 Å². The minimum atomic E-state index is -3.66. The molecule has 0 radical (unpaired) electrons. The summed E-state index contributed by atoms with van der Waals surface area (Å²) in [5.41, 5.74) is 6.18. The first-order valence-corrected chi connectivity index (χ1v) is 7.83. The van der Waals surface area contributed by atoms with Crippen LogP contribution in [0.2, 0.25) is 0 Å². The molecule has 4 N–H and O–H groups in total. The van der Waals surface area contributed by atoms with E-state index in [1.165, 1.54) is 12.1 Å². The van der Waals surface area contributed by atoms with Gasteiger partial charge in [0, 0.05) is 17.8 Å². The fourth-order valence-electron chi connectivity index (χ4n) is 2.03. The molecule has 1 amide bonds. The van der Waals surface area contributed by atoms with Gasteiger partial charge in [-0.1, -0.05) is 0 Å². The zero-order chi connectivity index (χ0) is 15.1. The van der Waals surface area contributed by atoms with Crippen molar-refractivity contribution in [2.45, 2.75) is 37.1 Å². The van der Waals surface area contributed by atoms with E-state index in [1.54, 1.807) is 26.8 Å². The zero-order valence-corrected chi connectivity index (χ0v) is 12.5. The Hall–Kier alpha value is -1.44. The van der Waals surface area contributed by atoms with E-state index >= 15 is 0 Å². The molecule has 0 aliphatic carbocycles. The molecule has 110 valence electrons. The maximum absolute atomic E-state index is 12.3. The van der Waals surface area contributed by atoms with Gasteiger partial charge in [0.1, 0.15) is 0 Å². The highest BCUT2D eigenvalue weighted by atomic mass is 32.2. The van der Waals surface area contributed by atoms with Crippen LogP contribution >= 0.6 is 0 Å². The van der Waals surface area contributed by atoms with E-state index in [-0.39, 0.29) is 23.3 Å². The number of hydrogen-bond donors (Lipinski definition) is 3. The molecule has 0 bridgehead atoms. The number of sulfonamides is 1. The van der Waals surface area contributed by atoms with Crippen LogP contribution in [0.1, 0.15) is 32.3 Å². The quantitative estimate of drug-likeness (QED) is 0.763. The lowest BCUT2D eigenvalue weighted by molar-refractivity contribution is -0.116. The number of hydrogen-bond acceptors (Lipinski definition) is 4. The molecule has 1 atom stereocenters. The molecule has 7 heteroatoms. The standard InChI is InChI=1S/C13H19N3O3S/c1-8-10-6-9(4-5-11(10)15-12(8)17)20(18,19)16-13(2,3)7-14/h4-6,8,16H,7,14H2,1-3H3,(H,15,17). The fourth-order valence-corrected chi connectivity index (χ4v) is 3.48. The lowest BCUT2D eigenvalue weighted by atomic mass is 10.0. The van der Waals surface area contributed by atoms with Crippen molar-refractivity contribution in [3.05, 3.63) is 23.8 Å². The average molecular weight is 297 g/mol. The van der Waals surface area contributed by atoms with E-state index in [2.05, 4.69) is 10.0 Å². The fraction of sp³-hybridized carbons (Fsp3) is 0.462. The first-order chi connectivity index (χ1) is 9.16. The number of nitrogens with one attached hydrogen (secondary N) is 2. The molecule has 0 saturated carbocycles.